The van der Waals surface area contributed by atoms with E-state index in [1.165, 1.54) is 0 Å². The van der Waals surface area contributed by atoms with Crippen molar-refractivity contribution in [3.05, 3.63) is 69.0 Å². The number of halogens is 2. The Morgan fingerprint density at radius 2 is 2.00 bits per heavy atom. The number of terminal acetylenes is 1. The Balaban J connectivity index is 1.93. The zero-order valence-corrected chi connectivity index (χ0v) is 17.7. The molecule has 1 aliphatic heterocycles. The van der Waals surface area contributed by atoms with Crippen LogP contribution in [0.2, 0.25) is 5.02 Å². The van der Waals surface area contributed by atoms with E-state index in [1.54, 1.807) is 30.3 Å². The SMILES string of the molecule is C#CCOC1=C(O)C(c2ccc(Br)cc2)NN(C)c2nc3ccc(Cl)cc3nc21. The van der Waals surface area contributed by atoms with Gasteiger partial charge in [-0.05, 0) is 35.9 Å². The molecule has 0 saturated carbocycles. The summed E-state index contributed by atoms with van der Waals surface area (Å²) in [6, 6.07) is 12.3. The number of hydrogen-bond donors (Lipinski definition) is 2. The maximum absolute atomic E-state index is 11.1. The van der Waals surface area contributed by atoms with Crippen LogP contribution >= 0.6 is 27.5 Å². The van der Waals surface area contributed by atoms with Gasteiger partial charge in [-0.15, -0.1) is 6.42 Å². The number of benzene rings is 2. The van der Waals surface area contributed by atoms with Crippen molar-refractivity contribution in [1.82, 2.24) is 15.4 Å². The third-order valence-electron chi connectivity index (χ3n) is 4.47. The maximum atomic E-state index is 11.1. The number of hydrazine groups is 1. The van der Waals surface area contributed by atoms with Crippen molar-refractivity contribution in [3.8, 4) is 12.3 Å². The van der Waals surface area contributed by atoms with Gasteiger partial charge < -0.3 is 9.84 Å². The van der Waals surface area contributed by atoms with Gasteiger partial charge in [-0.2, -0.15) is 0 Å². The molecular formula is C21H16BrClN4O2. The van der Waals surface area contributed by atoms with Crippen LogP contribution in [0.3, 0.4) is 0 Å². The summed E-state index contributed by atoms with van der Waals surface area (Å²) in [5.41, 5.74) is 5.71. The Kier molecular flexibility index (Phi) is 5.33. The lowest BCUT2D eigenvalue weighted by atomic mass is 10.0. The normalized spacial score (nSPS) is 16.3. The molecule has 3 aromatic rings. The summed E-state index contributed by atoms with van der Waals surface area (Å²) in [5.74, 6) is 3.07. The second kappa shape index (κ2) is 7.91. The number of ether oxygens (including phenoxy) is 1. The lowest BCUT2D eigenvalue weighted by molar-refractivity contribution is 0.278. The maximum Gasteiger partial charge on any atom is 0.189 e. The smallest absolute Gasteiger partial charge is 0.189 e. The molecule has 0 radical (unpaired) electrons. The van der Waals surface area contributed by atoms with E-state index in [9.17, 15) is 5.11 Å². The number of anilines is 1. The van der Waals surface area contributed by atoms with Crippen LogP contribution in [0.4, 0.5) is 5.82 Å². The summed E-state index contributed by atoms with van der Waals surface area (Å²) < 4.78 is 6.67. The van der Waals surface area contributed by atoms with Crippen molar-refractivity contribution >= 4 is 50.1 Å². The van der Waals surface area contributed by atoms with Crippen LogP contribution in [0.5, 0.6) is 0 Å². The van der Waals surface area contributed by atoms with Gasteiger partial charge >= 0.3 is 0 Å². The lowest BCUT2D eigenvalue weighted by Crippen LogP contribution is -2.38. The highest BCUT2D eigenvalue weighted by molar-refractivity contribution is 9.10. The molecule has 29 heavy (non-hydrogen) atoms. The molecule has 0 fully saturated rings. The number of aromatic nitrogens is 2. The highest BCUT2D eigenvalue weighted by Gasteiger charge is 2.32. The highest BCUT2D eigenvalue weighted by atomic mass is 79.9. The van der Waals surface area contributed by atoms with Gasteiger partial charge in [0.2, 0.25) is 0 Å². The minimum atomic E-state index is -0.580. The average Bonchev–Trinajstić information content (AvgIpc) is 2.81. The summed E-state index contributed by atoms with van der Waals surface area (Å²) in [4.78, 5) is 9.36. The van der Waals surface area contributed by atoms with Crippen molar-refractivity contribution in [3.63, 3.8) is 0 Å². The molecule has 2 aromatic carbocycles. The van der Waals surface area contributed by atoms with E-state index >= 15 is 0 Å². The fraction of sp³-hybridized carbons (Fsp3) is 0.143. The summed E-state index contributed by atoms with van der Waals surface area (Å²) in [6.07, 6.45) is 5.39. The Bertz CT molecular complexity index is 1160. The van der Waals surface area contributed by atoms with Crippen LogP contribution in [-0.4, -0.2) is 28.7 Å². The van der Waals surface area contributed by atoms with Crippen LogP contribution in [0.15, 0.2) is 52.7 Å². The number of nitrogens with zero attached hydrogens (tertiary/aromatic N) is 3. The Hall–Kier alpha value is -2.79. The van der Waals surface area contributed by atoms with Crippen LogP contribution in [0.1, 0.15) is 17.3 Å². The van der Waals surface area contributed by atoms with Crippen LogP contribution < -0.4 is 10.4 Å². The largest absolute Gasteiger partial charge is 0.506 e. The Morgan fingerprint density at radius 3 is 2.72 bits per heavy atom. The van der Waals surface area contributed by atoms with Crippen LogP contribution in [0.25, 0.3) is 16.8 Å². The number of aliphatic hydroxyl groups excluding tert-OH is 1. The minimum absolute atomic E-state index is 0.0229. The molecule has 0 aliphatic carbocycles. The fourth-order valence-electron chi connectivity index (χ4n) is 3.12. The molecule has 1 aliphatic rings. The van der Waals surface area contributed by atoms with E-state index in [1.807, 2.05) is 24.3 Å². The average molecular weight is 472 g/mol. The lowest BCUT2D eigenvalue weighted by Gasteiger charge is -2.24. The number of rotatable bonds is 3. The summed E-state index contributed by atoms with van der Waals surface area (Å²) in [7, 11) is 1.80. The van der Waals surface area contributed by atoms with Gasteiger partial charge in [0.05, 0.1) is 11.0 Å². The Labute approximate surface area is 181 Å². The highest BCUT2D eigenvalue weighted by Crippen LogP contribution is 2.36. The van der Waals surface area contributed by atoms with E-state index in [-0.39, 0.29) is 18.1 Å². The van der Waals surface area contributed by atoms with E-state index in [0.717, 1.165) is 10.0 Å². The van der Waals surface area contributed by atoms with Crippen molar-refractivity contribution < 1.29 is 9.84 Å². The third kappa shape index (κ3) is 3.75. The summed E-state index contributed by atoms with van der Waals surface area (Å²) >= 11 is 9.54. The predicted molar refractivity (Wildman–Crippen MR) is 117 cm³/mol. The van der Waals surface area contributed by atoms with Gasteiger partial charge in [0.1, 0.15) is 12.6 Å². The fourth-order valence-corrected chi connectivity index (χ4v) is 3.55. The second-order valence-electron chi connectivity index (χ2n) is 6.41. The van der Waals surface area contributed by atoms with Gasteiger partial charge in [-0.25, -0.2) is 15.4 Å². The molecule has 0 saturated heterocycles. The van der Waals surface area contributed by atoms with E-state index in [2.05, 4.69) is 32.3 Å². The number of nitrogens with one attached hydrogen (secondary N) is 1. The quantitative estimate of drug-likeness (QED) is 0.543. The van der Waals surface area contributed by atoms with Gasteiger partial charge in [0.25, 0.3) is 0 Å². The van der Waals surface area contributed by atoms with Crippen molar-refractivity contribution in [2.24, 2.45) is 0 Å². The molecule has 146 valence electrons. The van der Waals surface area contributed by atoms with Crippen LogP contribution in [0, 0.1) is 12.3 Å². The molecule has 0 amide bonds. The molecule has 1 aromatic heterocycles. The van der Waals surface area contributed by atoms with Gasteiger partial charge in [0.15, 0.2) is 23.0 Å². The molecule has 4 rings (SSSR count). The molecule has 8 heteroatoms. The Morgan fingerprint density at radius 1 is 1.24 bits per heavy atom. The van der Waals surface area contributed by atoms with E-state index in [0.29, 0.717) is 27.6 Å². The first-order chi connectivity index (χ1) is 14.0. The molecule has 1 unspecified atom stereocenters. The topological polar surface area (TPSA) is 70.5 Å². The summed E-state index contributed by atoms with van der Waals surface area (Å²) in [6.45, 7) is -0.0229. The molecule has 0 bridgehead atoms. The van der Waals surface area contributed by atoms with Crippen molar-refractivity contribution in [1.29, 1.82) is 0 Å². The first-order valence-corrected chi connectivity index (χ1v) is 9.87. The van der Waals surface area contributed by atoms with E-state index < -0.39 is 6.04 Å². The minimum Gasteiger partial charge on any atom is -0.506 e. The molecule has 1 atom stereocenters. The predicted octanol–water partition coefficient (Wildman–Crippen LogP) is 4.62. The molecular weight excluding hydrogens is 456 g/mol. The number of aliphatic hydroxyl groups is 1. The molecule has 2 heterocycles. The van der Waals surface area contributed by atoms with Gasteiger partial charge in [0, 0.05) is 16.5 Å². The molecule has 2 N–H and O–H groups in total. The second-order valence-corrected chi connectivity index (χ2v) is 7.76. The molecule has 6 nitrogen and oxygen atoms in total. The van der Waals surface area contributed by atoms with Crippen molar-refractivity contribution in [2.45, 2.75) is 6.04 Å². The number of fused-ring (bicyclic) bond motifs is 2. The van der Waals surface area contributed by atoms with Crippen LogP contribution in [-0.2, 0) is 4.74 Å². The van der Waals surface area contributed by atoms with Gasteiger partial charge in [-0.1, -0.05) is 45.6 Å². The first kappa shape index (κ1) is 19.5. The monoisotopic (exact) mass is 470 g/mol. The standard InChI is InChI=1S/C21H16BrClN4O2/c1-3-10-29-20-18-21(25-15-9-8-14(23)11-16(15)24-18)27(2)26-17(19(20)28)12-4-6-13(22)7-5-12/h1,4-9,11,17,26,28H,10H2,2H3. The number of hydrogen-bond acceptors (Lipinski definition) is 6. The molecule has 0 spiro atoms. The third-order valence-corrected chi connectivity index (χ3v) is 5.24. The van der Waals surface area contributed by atoms with E-state index in [4.69, 9.17) is 27.7 Å². The van der Waals surface area contributed by atoms with Gasteiger partial charge in [-0.3, -0.25) is 5.01 Å². The summed E-state index contributed by atoms with van der Waals surface area (Å²) in [5, 5.41) is 13.4. The first-order valence-electron chi connectivity index (χ1n) is 8.70. The zero-order valence-electron chi connectivity index (χ0n) is 15.4. The van der Waals surface area contributed by atoms with Crippen molar-refractivity contribution in [2.75, 3.05) is 18.7 Å². The zero-order chi connectivity index (χ0) is 20.5.